The molecule has 0 amide bonds. The van der Waals surface area contributed by atoms with E-state index in [0.29, 0.717) is 5.75 Å². The zero-order chi connectivity index (χ0) is 14.4. The average molecular weight is 284 g/mol. The van der Waals surface area contributed by atoms with Crippen molar-refractivity contribution in [3.8, 4) is 5.75 Å². The van der Waals surface area contributed by atoms with Crippen LogP contribution >= 0.6 is 11.8 Å². The molecule has 0 bridgehead atoms. The van der Waals surface area contributed by atoms with Gasteiger partial charge < -0.3 is 4.74 Å². The molecule has 0 saturated heterocycles. The van der Waals surface area contributed by atoms with Crippen molar-refractivity contribution in [3.05, 3.63) is 65.1 Å². The van der Waals surface area contributed by atoms with Crippen molar-refractivity contribution in [1.82, 2.24) is 0 Å². The molecular formula is C17H16O2S. The largest absolute Gasteiger partial charge is 0.426 e. The molecule has 0 N–H and O–H groups in total. The lowest BCUT2D eigenvalue weighted by molar-refractivity contribution is -0.132. The Hall–Kier alpha value is -2.00. The van der Waals surface area contributed by atoms with Crippen LogP contribution in [-0.2, 0) is 4.79 Å². The van der Waals surface area contributed by atoms with E-state index in [2.05, 4.69) is 31.2 Å². The normalized spacial score (nSPS) is 10.7. The summed E-state index contributed by atoms with van der Waals surface area (Å²) < 4.78 is 5.17. The Labute approximate surface area is 123 Å². The maximum absolute atomic E-state index is 11.0. The summed E-state index contributed by atoms with van der Waals surface area (Å²) in [5.74, 6) is 0.291. The number of rotatable bonds is 4. The predicted octanol–water partition coefficient (Wildman–Crippen LogP) is 4.68. The van der Waals surface area contributed by atoms with Crippen LogP contribution in [0.15, 0.2) is 58.8 Å². The van der Waals surface area contributed by atoms with E-state index in [1.54, 1.807) is 6.07 Å². The SMILES string of the molecule is CC(=O)Oc1ccccc1S/C=C\c1ccc(C)cc1. The van der Waals surface area contributed by atoms with Gasteiger partial charge in [-0.2, -0.15) is 0 Å². The number of aryl methyl sites for hydroxylation is 1. The van der Waals surface area contributed by atoms with E-state index in [1.807, 2.05) is 29.7 Å². The van der Waals surface area contributed by atoms with Gasteiger partial charge >= 0.3 is 5.97 Å². The number of thioether (sulfide) groups is 1. The van der Waals surface area contributed by atoms with Crippen LogP contribution in [-0.4, -0.2) is 5.97 Å². The van der Waals surface area contributed by atoms with E-state index in [0.717, 1.165) is 10.5 Å². The second kappa shape index (κ2) is 6.96. The van der Waals surface area contributed by atoms with Crippen molar-refractivity contribution in [2.45, 2.75) is 18.7 Å². The first-order valence-electron chi connectivity index (χ1n) is 6.32. The Balaban J connectivity index is 2.07. The van der Waals surface area contributed by atoms with E-state index in [1.165, 1.54) is 24.2 Å². The third kappa shape index (κ3) is 4.28. The first kappa shape index (κ1) is 14.4. The smallest absolute Gasteiger partial charge is 0.308 e. The maximum Gasteiger partial charge on any atom is 0.308 e. The number of para-hydroxylation sites is 1. The molecule has 0 aliphatic heterocycles. The topological polar surface area (TPSA) is 26.3 Å². The molecule has 0 saturated carbocycles. The third-order valence-corrected chi connectivity index (χ3v) is 3.50. The second-order valence-electron chi connectivity index (χ2n) is 4.37. The van der Waals surface area contributed by atoms with Gasteiger partial charge in [0.15, 0.2) is 0 Å². The lowest BCUT2D eigenvalue weighted by Crippen LogP contribution is -2.01. The Morgan fingerprint density at radius 3 is 2.50 bits per heavy atom. The van der Waals surface area contributed by atoms with Crippen LogP contribution in [0.5, 0.6) is 5.75 Å². The number of carbonyl (C=O) groups excluding carboxylic acids is 1. The van der Waals surface area contributed by atoms with Crippen molar-refractivity contribution in [1.29, 1.82) is 0 Å². The molecule has 2 rings (SSSR count). The third-order valence-electron chi connectivity index (χ3n) is 2.64. The lowest BCUT2D eigenvalue weighted by atomic mass is 10.2. The van der Waals surface area contributed by atoms with E-state index < -0.39 is 0 Å². The Bertz CT molecular complexity index is 615. The number of benzene rings is 2. The second-order valence-corrected chi connectivity index (χ2v) is 5.32. The van der Waals surface area contributed by atoms with Gasteiger partial charge in [0.25, 0.3) is 0 Å². The first-order chi connectivity index (χ1) is 9.65. The lowest BCUT2D eigenvalue weighted by Gasteiger charge is -2.05. The summed E-state index contributed by atoms with van der Waals surface area (Å²) in [6.07, 6.45) is 2.04. The number of hydrogen-bond acceptors (Lipinski definition) is 3. The predicted molar refractivity (Wildman–Crippen MR) is 83.8 cm³/mol. The van der Waals surface area contributed by atoms with Crippen molar-refractivity contribution in [2.24, 2.45) is 0 Å². The van der Waals surface area contributed by atoms with Crippen molar-refractivity contribution in [2.75, 3.05) is 0 Å². The molecule has 0 heterocycles. The van der Waals surface area contributed by atoms with Crippen LogP contribution in [0.1, 0.15) is 18.1 Å². The average Bonchev–Trinajstić information content (AvgIpc) is 2.42. The highest BCUT2D eigenvalue weighted by Crippen LogP contribution is 2.30. The number of ether oxygens (including phenoxy) is 1. The molecule has 0 radical (unpaired) electrons. The molecule has 20 heavy (non-hydrogen) atoms. The fourth-order valence-electron chi connectivity index (χ4n) is 1.65. The number of hydrogen-bond donors (Lipinski definition) is 0. The zero-order valence-corrected chi connectivity index (χ0v) is 12.3. The quantitative estimate of drug-likeness (QED) is 0.463. The highest BCUT2D eigenvalue weighted by molar-refractivity contribution is 8.02. The summed E-state index contributed by atoms with van der Waals surface area (Å²) in [6, 6.07) is 15.8. The molecule has 0 aliphatic rings. The molecule has 0 fully saturated rings. The van der Waals surface area contributed by atoms with E-state index in [9.17, 15) is 4.79 Å². The van der Waals surface area contributed by atoms with Crippen LogP contribution in [0.4, 0.5) is 0 Å². The minimum atomic E-state index is -0.305. The summed E-state index contributed by atoms with van der Waals surface area (Å²) in [4.78, 5) is 12.0. The highest BCUT2D eigenvalue weighted by Gasteiger charge is 2.04. The molecule has 0 unspecified atom stereocenters. The van der Waals surface area contributed by atoms with Gasteiger partial charge in [-0.05, 0) is 36.1 Å². The van der Waals surface area contributed by atoms with Gasteiger partial charge in [-0.15, -0.1) is 0 Å². The molecule has 2 aromatic rings. The van der Waals surface area contributed by atoms with E-state index in [-0.39, 0.29) is 5.97 Å². The number of carbonyl (C=O) groups is 1. The van der Waals surface area contributed by atoms with Gasteiger partial charge in [0.05, 0.1) is 4.90 Å². The zero-order valence-electron chi connectivity index (χ0n) is 11.5. The van der Waals surface area contributed by atoms with Gasteiger partial charge in [0, 0.05) is 6.92 Å². The van der Waals surface area contributed by atoms with Crippen molar-refractivity contribution >= 4 is 23.8 Å². The first-order valence-corrected chi connectivity index (χ1v) is 7.20. The van der Waals surface area contributed by atoms with Crippen LogP contribution in [0.25, 0.3) is 6.08 Å². The van der Waals surface area contributed by atoms with Crippen molar-refractivity contribution < 1.29 is 9.53 Å². The summed E-state index contributed by atoms with van der Waals surface area (Å²) in [5.41, 5.74) is 2.39. The molecule has 0 spiro atoms. The summed E-state index contributed by atoms with van der Waals surface area (Å²) >= 11 is 1.53. The van der Waals surface area contributed by atoms with Gasteiger partial charge in [-0.3, -0.25) is 4.79 Å². The van der Waals surface area contributed by atoms with Gasteiger partial charge in [0.2, 0.25) is 0 Å². The van der Waals surface area contributed by atoms with E-state index in [4.69, 9.17) is 4.74 Å². The van der Waals surface area contributed by atoms with Crippen LogP contribution < -0.4 is 4.74 Å². The summed E-state index contributed by atoms with van der Waals surface area (Å²) in [7, 11) is 0. The van der Waals surface area contributed by atoms with Crippen LogP contribution in [0, 0.1) is 6.92 Å². The number of esters is 1. The molecule has 102 valence electrons. The van der Waals surface area contributed by atoms with E-state index >= 15 is 0 Å². The van der Waals surface area contributed by atoms with Gasteiger partial charge in [0.1, 0.15) is 5.75 Å². The highest BCUT2D eigenvalue weighted by atomic mass is 32.2. The molecule has 2 aromatic carbocycles. The maximum atomic E-state index is 11.0. The molecule has 0 atom stereocenters. The Morgan fingerprint density at radius 2 is 1.80 bits per heavy atom. The molecule has 0 aromatic heterocycles. The Kier molecular flexibility index (Phi) is 5.02. The van der Waals surface area contributed by atoms with Crippen LogP contribution in [0.3, 0.4) is 0 Å². The van der Waals surface area contributed by atoms with Crippen molar-refractivity contribution in [3.63, 3.8) is 0 Å². The Morgan fingerprint density at radius 1 is 1.10 bits per heavy atom. The molecule has 3 heteroatoms. The standard InChI is InChI=1S/C17H16O2S/c1-13-7-9-15(10-8-13)11-12-20-17-6-4-3-5-16(17)19-14(2)18/h3-12H,1-2H3/b12-11-. The molecular weight excluding hydrogens is 268 g/mol. The fourth-order valence-corrected chi connectivity index (χ4v) is 2.40. The molecule has 2 nitrogen and oxygen atoms in total. The summed E-state index contributed by atoms with van der Waals surface area (Å²) in [5, 5.41) is 1.99. The monoisotopic (exact) mass is 284 g/mol. The molecule has 0 aliphatic carbocycles. The summed E-state index contributed by atoms with van der Waals surface area (Å²) in [6.45, 7) is 3.47. The van der Waals surface area contributed by atoms with Gasteiger partial charge in [-0.25, -0.2) is 0 Å². The van der Waals surface area contributed by atoms with Gasteiger partial charge in [-0.1, -0.05) is 53.7 Å². The fraction of sp³-hybridized carbons (Fsp3) is 0.118. The minimum absolute atomic E-state index is 0.305. The minimum Gasteiger partial charge on any atom is -0.426 e. The van der Waals surface area contributed by atoms with Crippen LogP contribution in [0.2, 0.25) is 0 Å².